The summed E-state index contributed by atoms with van der Waals surface area (Å²) in [4.78, 5) is 17.2. The molecule has 34 heavy (non-hydrogen) atoms. The van der Waals surface area contributed by atoms with Crippen LogP contribution in [0.3, 0.4) is 0 Å². The molecule has 4 aromatic rings. The number of hydrogen-bond donors (Lipinski definition) is 0. The lowest BCUT2D eigenvalue weighted by Gasteiger charge is -2.12. The minimum absolute atomic E-state index is 0.0800. The lowest BCUT2D eigenvalue weighted by molar-refractivity contribution is 0.460. The van der Waals surface area contributed by atoms with Crippen molar-refractivity contribution in [2.24, 2.45) is 0 Å². The van der Waals surface area contributed by atoms with Crippen molar-refractivity contribution in [3.05, 3.63) is 102 Å². The lowest BCUT2D eigenvalue weighted by atomic mass is 10.2. The molecule has 2 aromatic carbocycles. The summed E-state index contributed by atoms with van der Waals surface area (Å²) in [5.41, 5.74) is 0.340. The Bertz CT molecular complexity index is 1640. The minimum Gasteiger partial charge on any atom is -0.438 e. The number of nitrogens with zero attached hydrogens (tertiary/aromatic N) is 3. The van der Waals surface area contributed by atoms with E-state index < -0.39 is 20.3 Å². The maximum Gasteiger partial charge on any atom is 0.269 e. The van der Waals surface area contributed by atoms with Gasteiger partial charge in [0.15, 0.2) is 0 Å². The van der Waals surface area contributed by atoms with Crippen molar-refractivity contribution >= 4 is 53.4 Å². The van der Waals surface area contributed by atoms with Gasteiger partial charge >= 0.3 is 0 Å². The number of sulfone groups is 1. The van der Waals surface area contributed by atoms with Crippen molar-refractivity contribution in [3.63, 3.8) is 0 Å². The standard InChI is InChI=1S/C24H15Br2N3O4S/c1-15-3-2-12-29-22(15)28-23(33-18-8-4-16(25)5-9-18)21(24(29)30)13-20(14-27)34(31,32)19-10-6-17(26)7-11-19/h2-13H,1H3/b20-13+. The first-order valence-electron chi connectivity index (χ1n) is 9.78. The second kappa shape index (κ2) is 9.54. The van der Waals surface area contributed by atoms with Crippen molar-refractivity contribution in [1.29, 1.82) is 5.26 Å². The average Bonchev–Trinajstić information content (AvgIpc) is 2.81. The molecule has 10 heteroatoms. The Kier molecular flexibility index (Phi) is 6.70. The van der Waals surface area contributed by atoms with Gasteiger partial charge in [0, 0.05) is 15.1 Å². The highest BCUT2D eigenvalue weighted by Crippen LogP contribution is 2.28. The highest BCUT2D eigenvalue weighted by Gasteiger charge is 2.24. The van der Waals surface area contributed by atoms with Crippen LogP contribution in [-0.2, 0) is 9.84 Å². The van der Waals surface area contributed by atoms with E-state index in [-0.39, 0.29) is 16.3 Å². The van der Waals surface area contributed by atoms with Crippen molar-refractivity contribution in [2.45, 2.75) is 11.8 Å². The number of nitriles is 1. The van der Waals surface area contributed by atoms with Crippen LogP contribution >= 0.6 is 31.9 Å². The van der Waals surface area contributed by atoms with Crippen LogP contribution in [0.2, 0.25) is 0 Å². The van der Waals surface area contributed by atoms with E-state index in [1.165, 1.54) is 22.7 Å². The zero-order valence-corrected chi connectivity index (χ0v) is 21.6. The van der Waals surface area contributed by atoms with Gasteiger partial charge in [0.05, 0.1) is 4.90 Å². The summed E-state index contributed by atoms with van der Waals surface area (Å²) in [6.45, 7) is 1.79. The minimum atomic E-state index is -4.20. The molecule has 0 saturated carbocycles. The van der Waals surface area contributed by atoms with E-state index in [9.17, 15) is 18.5 Å². The second-order valence-corrected chi connectivity index (χ2v) is 10.9. The summed E-state index contributed by atoms with van der Waals surface area (Å²) in [7, 11) is -4.20. The molecule has 0 saturated heterocycles. The fourth-order valence-electron chi connectivity index (χ4n) is 3.15. The molecule has 0 atom stereocenters. The SMILES string of the molecule is Cc1cccn2c(=O)c(/C=C(\C#N)S(=O)(=O)c3ccc(Br)cc3)c(Oc3ccc(Br)cc3)nc12. The molecule has 0 aliphatic rings. The summed E-state index contributed by atoms with van der Waals surface area (Å²) >= 11 is 6.61. The van der Waals surface area contributed by atoms with E-state index >= 15 is 0 Å². The Hall–Kier alpha value is -3.26. The van der Waals surface area contributed by atoms with E-state index in [2.05, 4.69) is 36.8 Å². The molecule has 4 rings (SSSR count). The number of aryl methyl sites for hydroxylation is 1. The Balaban J connectivity index is 1.95. The van der Waals surface area contributed by atoms with Gasteiger partial charge in [0.2, 0.25) is 15.7 Å². The number of hydrogen-bond acceptors (Lipinski definition) is 6. The number of rotatable bonds is 5. The van der Waals surface area contributed by atoms with Crippen LogP contribution in [0.15, 0.2) is 90.4 Å². The summed E-state index contributed by atoms with van der Waals surface area (Å²) in [6.07, 6.45) is 2.53. The van der Waals surface area contributed by atoms with Crippen LogP contribution in [0.4, 0.5) is 0 Å². The van der Waals surface area contributed by atoms with Crippen LogP contribution in [0.1, 0.15) is 11.1 Å². The Morgan fingerprint density at radius 1 is 1.06 bits per heavy atom. The number of benzene rings is 2. The predicted molar refractivity (Wildman–Crippen MR) is 135 cm³/mol. The van der Waals surface area contributed by atoms with Crippen molar-refractivity contribution < 1.29 is 13.2 Å². The fourth-order valence-corrected chi connectivity index (χ4v) is 4.82. The summed E-state index contributed by atoms with van der Waals surface area (Å²) in [6, 6.07) is 17.9. The number of fused-ring (bicyclic) bond motifs is 1. The normalized spacial score (nSPS) is 11.9. The largest absolute Gasteiger partial charge is 0.438 e. The van der Waals surface area contributed by atoms with Gasteiger partial charge in [-0.1, -0.05) is 37.9 Å². The van der Waals surface area contributed by atoms with Crippen LogP contribution in [0.25, 0.3) is 11.7 Å². The van der Waals surface area contributed by atoms with E-state index in [0.717, 1.165) is 16.1 Å². The van der Waals surface area contributed by atoms with Gasteiger partial charge < -0.3 is 4.74 Å². The zero-order chi connectivity index (χ0) is 24.5. The Morgan fingerprint density at radius 2 is 1.68 bits per heavy atom. The Morgan fingerprint density at radius 3 is 2.29 bits per heavy atom. The van der Waals surface area contributed by atoms with E-state index in [4.69, 9.17) is 4.74 Å². The molecule has 0 radical (unpaired) electrons. The molecule has 0 aliphatic carbocycles. The quantitative estimate of drug-likeness (QED) is 0.274. The van der Waals surface area contributed by atoms with Gasteiger partial charge in [0.1, 0.15) is 27.9 Å². The van der Waals surface area contributed by atoms with E-state index in [1.54, 1.807) is 61.5 Å². The van der Waals surface area contributed by atoms with Gasteiger partial charge in [-0.05, 0) is 73.2 Å². The second-order valence-electron chi connectivity index (χ2n) is 7.15. The average molecular weight is 601 g/mol. The highest BCUT2D eigenvalue weighted by molar-refractivity contribution is 9.10. The molecular formula is C24H15Br2N3O4S. The van der Waals surface area contributed by atoms with Crippen LogP contribution in [0, 0.1) is 18.3 Å². The third-order valence-corrected chi connectivity index (χ3v) is 7.61. The maximum absolute atomic E-state index is 13.4. The summed E-state index contributed by atoms with van der Waals surface area (Å²) in [5, 5.41) is 9.72. The molecule has 0 bridgehead atoms. The van der Waals surface area contributed by atoms with Gasteiger partial charge in [0.25, 0.3) is 5.56 Å². The number of halogens is 2. The fraction of sp³-hybridized carbons (Fsp3) is 0.0417. The number of ether oxygens (including phenoxy) is 1. The topological polar surface area (TPSA) is 102 Å². The molecule has 0 N–H and O–H groups in total. The number of aromatic nitrogens is 2. The van der Waals surface area contributed by atoms with E-state index in [1.807, 2.05) is 0 Å². The molecule has 2 aromatic heterocycles. The molecule has 2 heterocycles. The molecule has 0 fully saturated rings. The first-order valence-corrected chi connectivity index (χ1v) is 12.9. The third kappa shape index (κ3) is 4.68. The summed E-state index contributed by atoms with van der Waals surface area (Å²) in [5.74, 6) is 0.275. The number of pyridine rings is 1. The zero-order valence-electron chi connectivity index (χ0n) is 17.6. The van der Waals surface area contributed by atoms with Gasteiger partial charge in [-0.3, -0.25) is 9.20 Å². The molecule has 170 valence electrons. The first-order chi connectivity index (χ1) is 16.2. The molecule has 0 unspecified atom stereocenters. The smallest absolute Gasteiger partial charge is 0.269 e. The van der Waals surface area contributed by atoms with E-state index in [0.29, 0.717) is 15.9 Å². The molecule has 0 spiro atoms. The van der Waals surface area contributed by atoms with Crippen molar-refractivity contribution in [3.8, 4) is 17.7 Å². The molecule has 0 amide bonds. The molecular weight excluding hydrogens is 586 g/mol. The monoisotopic (exact) mass is 599 g/mol. The molecule has 7 nitrogen and oxygen atoms in total. The van der Waals surface area contributed by atoms with Crippen LogP contribution in [0.5, 0.6) is 11.6 Å². The van der Waals surface area contributed by atoms with Crippen LogP contribution in [-0.4, -0.2) is 17.8 Å². The molecule has 0 aliphatic heterocycles. The van der Waals surface area contributed by atoms with Crippen molar-refractivity contribution in [2.75, 3.05) is 0 Å². The van der Waals surface area contributed by atoms with Gasteiger partial charge in [-0.15, -0.1) is 0 Å². The number of allylic oxidation sites excluding steroid dienone is 1. The van der Waals surface area contributed by atoms with Crippen LogP contribution < -0.4 is 10.3 Å². The lowest BCUT2D eigenvalue weighted by Crippen LogP contribution is -2.20. The Labute approximate surface area is 212 Å². The summed E-state index contributed by atoms with van der Waals surface area (Å²) < 4.78 is 35.0. The van der Waals surface area contributed by atoms with Gasteiger partial charge in [-0.25, -0.2) is 8.42 Å². The van der Waals surface area contributed by atoms with Crippen molar-refractivity contribution in [1.82, 2.24) is 9.38 Å². The first kappa shape index (κ1) is 23.9. The van der Waals surface area contributed by atoms with Gasteiger partial charge in [-0.2, -0.15) is 10.2 Å². The predicted octanol–water partition coefficient (Wildman–Crippen LogP) is 5.66. The highest BCUT2D eigenvalue weighted by atomic mass is 79.9. The maximum atomic E-state index is 13.4. The third-order valence-electron chi connectivity index (χ3n) is 4.88.